The van der Waals surface area contributed by atoms with Crippen molar-refractivity contribution >= 4 is 11.9 Å². The number of morpholine rings is 1. The molecule has 1 saturated heterocycles. The van der Waals surface area contributed by atoms with Crippen molar-refractivity contribution in [1.29, 1.82) is 5.26 Å². The van der Waals surface area contributed by atoms with Gasteiger partial charge in [-0.1, -0.05) is 12.1 Å². The van der Waals surface area contributed by atoms with Crippen molar-refractivity contribution in [1.82, 2.24) is 4.90 Å². The lowest BCUT2D eigenvalue weighted by atomic mass is 10.2. The van der Waals surface area contributed by atoms with E-state index in [4.69, 9.17) is 19.8 Å². The van der Waals surface area contributed by atoms with Crippen molar-refractivity contribution in [2.24, 2.45) is 0 Å². The molecule has 122 valence electrons. The summed E-state index contributed by atoms with van der Waals surface area (Å²) in [5, 5.41) is 17.9. The Kier molecular flexibility index (Phi) is 5.55. The molecule has 0 radical (unpaired) electrons. The molecule has 1 N–H and O–H groups in total. The van der Waals surface area contributed by atoms with Crippen molar-refractivity contribution in [2.45, 2.75) is 25.6 Å². The number of nitrogens with zero attached hydrogens (tertiary/aromatic N) is 2. The predicted octanol–water partition coefficient (Wildman–Crippen LogP) is 1.03. The van der Waals surface area contributed by atoms with Crippen molar-refractivity contribution in [3.63, 3.8) is 0 Å². The number of carbonyl (C=O) groups excluding carboxylic acids is 1. The Morgan fingerprint density at radius 1 is 1.52 bits per heavy atom. The SMILES string of the molecule is CC(Oc1ccccc1C#N)C(=O)N1CCOC(CC(=O)O)C1. The third-order valence-corrected chi connectivity index (χ3v) is 3.51. The van der Waals surface area contributed by atoms with Crippen LogP contribution in [0.2, 0.25) is 0 Å². The van der Waals surface area contributed by atoms with Crippen LogP contribution in [0.5, 0.6) is 5.75 Å². The molecule has 0 aliphatic carbocycles. The van der Waals surface area contributed by atoms with E-state index in [-0.39, 0.29) is 18.9 Å². The molecule has 1 aliphatic rings. The number of nitriles is 1. The fourth-order valence-corrected chi connectivity index (χ4v) is 2.40. The summed E-state index contributed by atoms with van der Waals surface area (Å²) >= 11 is 0. The van der Waals surface area contributed by atoms with Gasteiger partial charge in [0.2, 0.25) is 0 Å². The van der Waals surface area contributed by atoms with Gasteiger partial charge in [-0.3, -0.25) is 9.59 Å². The maximum atomic E-state index is 12.4. The highest BCUT2D eigenvalue weighted by Crippen LogP contribution is 2.19. The topological polar surface area (TPSA) is 99.9 Å². The molecule has 1 aliphatic heterocycles. The van der Waals surface area contributed by atoms with Crippen LogP contribution in [0.3, 0.4) is 0 Å². The first-order chi connectivity index (χ1) is 11.0. The van der Waals surface area contributed by atoms with Gasteiger partial charge in [-0.05, 0) is 19.1 Å². The molecule has 1 aromatic carbocycles. The minimum atomic E-state index is -0.962. The van der Waals surface area contributed by atoms with Crippen LogP contribution in [-0.2, 0) is 14.3 Å². The van der Waals surface area contributed by atoms with E-state index in [0.29, 0.717) is 24.5 Å². The smallest absolute Gasteiger partial charge is 0.306 e. The first kappa shape index (κ1) is 16.8. The van der Waals surface area contributed by atoms with E-state index in [2.05, 4.69) is 0 Å². The van der Waals surface area contributed by atoms with Crippen molar-refractivity contribution < 1.29 is 24.2 Å². The Hall–Kier alpha value is -2.59. The second kappa shape index (κ2) is 7.61. The molecule has 1 amide bonds. The van der Waals surface area contributed by atoms with Gasteiger partial charge < -0.3 is 19.5 Å². The summed E-state index contributed by atoms with van der Waals surface area (Å²) in [5.74, 6) is -0.862. The molecule has 2 rings (SSSR count). The van der Waals surface area contributed by atoms with Crippen molar-refractivity contribution in [3.05, 3.63) is 29.8 Å². The van der Waals surface area contributed by atoms with E-state index >= 15 is 0 Å². The fraction of sp³-hybridized carbons (Fsp3) is 0.438. The van der Waals surface area contributed by atoms with Gasteiger partial charge in [-0.2, -0.15) is 5.26 Å². The predicted molar refractivity (Wildman–Crippen MR) is 79.8 cm³/mol. The molecule has 0 aromatic heterocycles. The molecule has 1 aromatic rings. The average Bonchev–Trinajstić information content (AvgIpc) is 2.54. The third kappa shape index (κ3) is 4.44. The zero-order chi connectivity index (χ0) is 16.8. The number of ether oxygens (including phenoxy) is 2. The Morgan fingerprint density at radius 2 is 2.26 bits per heavy atom. The average molecular weight is 318 g/mol. The minimum Gasteiger partial charge on any atom is -0.481 e. The Balaban J connectivity index is 1.99. The highest BCUT2D eigenvalue weighted by atomic mass is 16.5. The quantitative estimate of drug-likeness (QED) is 0.870. The summed E-state index contributed by atoms with van der Waals surface area (Å²) in [6.07, 6.45) is -1.42. The zero-order valence-electron chi connectivity index (χ0n) is 12.8. The molecule has 2 atom stereocenters. The highest BCUT2D eigenvalue weighted by Gasteiger charge is 2.29. The number of para-hydroxylation sites is 1. The lowest BCUT2D eigenvalue weighted by molar-refractivity contribution is -0.151. The summed E-state index contributed by atoms with van der Waals surface area (Å²) in [7, 11) is 0. The minimum absolute atomic E-state index is 0.143. The number of carbonyl (C=O) groups is 2. The Labute approximate surface area is 134 Å². The summed E-state index contributed by atoms with van der Waals surface area (Å²) in [4.78, 5) is 24.7. The molecule has 1 fully saturated rings. The van der Waals surface area contributed by atoms with Gasteiger partial charge in [-0.25, -0.2) is 0 Å². The van der Waals surface area contributed by atoms with Crippen LogP contribution in [0.1, 0.15) is 18.9 Å². The zero-order valence-corrected chi connectivity index (χ0v) is 12.8. The first-order valence-electron chi connectivity index (χ1n) is 7.29. The number of aliphatic carboxylic acids is 1. The van der Waals surface area contributed by atoms with Crippen LogP contribution in [0.4, 0.5) is 0 Å². The number of rotatable bonds is 5. The Morgan fingerprint density at radius 3 is 2.96 bits per heavy atom. The molecule has 0 saturated carbocycles. The third-order valence-electron chi connectivity index (χ3n) is 3.51. The van der Waals surface area contributed by atoms with Crippen LogP contribution >= 0.6 is 0 Å². The van der Waals surface area contributed by atoms with Gasteiger partial charge in [0.1, 0.15) is 11.8 Å². The first-order valence-corrected chi connectivity index (χ1v) is 7.29. The van der Waals surface area contributed by atoms with E-state index in [0.717, 1.165) is 0 Å². The number of benzene rings is 1. The van der Waals surface area contributed by atoms with E-state index in [1.54, 1.807) is 31.2 Å². The molecule has 0 spiro atoms. The van der Waals surface area contributed by atoms with Crippen molar-refractivity contribution in [3.8, 4) is 11.8 Å². The van der Waals surface area contributed by atoms with Crippen LogP contribution in [0, 0.1) is 11.3 Å². The van der Waals surface area contributed by atoms with Gasteiger partial charge in [0, 0.05) is 13.1 Å². The molecule has 7 nitrogen and oxygen atoms in total. The highest BCUT2D eigenvalue weighted by molar-refractivity contribution is 5.81. The van der Waals surface area contributed by atoms with Gasteiger partial charge in [0.05, 0.1) is 24.7 Å². The van der Waals surface area contributed by atoms with Gasteiger partial charge in [-0.15, -0.1) is 0 Å². The number of carboxylic acid groups (broad SMARTS) is 1. The summed E-state index contributed by atoms with van der Waals surface area (Å²) in [6.45, 7) is 2.52. The standard InChI is InChI=1S/C16H18N2O5/c1-11(23-14-5-3-2-4-12(14)9-17)16(21)18-6-7-22-13(10-18)8-15(19)20/h2-5,11,13H,6-8,10H2,1H3,(H,19,20). The summed E-state index contributed by atoms with van der Waals surface area (Å²) in [6, 6.07) is 8.71. The fourth-order valence-electron chi connectivity index (χ4n) is 2.40. The second-order valence-corrected chi connectivity index (χ2v) is 5.24. The number of hydrogen-bond acceptors (Lipinski definition) is 5. The summed E-state index contributed by atoms with van der Waals surface area (Å²) in [5.41, 5.74) is 0.359. The van der Waals surface area contributed by atoms with Gasteiger partial charge in [0.15, 0.2) is 6.10 Å². The lowest BCUT2D eigenvalue weighted by Crippen LogP contribution is -2.50. The van der Waals surface area contributed by atoms with Crippen LogP contribution in [-0.4, -0.2) is 53.8 Å². The normalized spacial score (nSPS) is 18.8. The number of amides is 1. The molecule has 7 heteroatoms. The van der Waals surface area contributed by atoms with Crippen LogP contribution < -0.4 is 4.74 Å². The van der Waals surface area contributed by atoms with E-state index in [1.165, 1.54) is 4.90 Å². The van der Waals surface area contributed by atoms with Crippen molar-refractivity contribution in [2.75, 3.05) is 19.7 Å². The van der Waals surface area contributed by atoms with Gasteiger partial charge in [0.25, 0.3) is 5.91 Å². The molecule has 23 heavy (non-hydrogen) atoms. The molecule has 0 bridgehead atoms. The molecule has 1 heterocycles. The van der Waals surface area contributed by atoms with E-state index in [1.807, 2.05) is 6.07 Å². The second-order valence-electron chi connectivity index (χ2n) is 5.24. The maximum absolute atomic E-state index is 12.4. The lowest BCUT2D eigenvalue weighted by Gasteiger charge is -2.33. The number of hydrogen-bond donors (Lipinski definition) is 1. The van der Waals surface area contributed by atoms with Gasteiger partial charge >= 0.3 is 5.97 Å². The summed E-state index contributed by atoms with van der Waals surface area (Å²) < 4.78 is 10.9. The van der Waals surface area contributed by atoms with Crippen LogP contribution in [0.25, 0.3) is 0 Å². The van der Waals surface area contributed by atoms with Crippen LogP contribution in [0.15, 0.2) is 24.3 Å². The molecule has 2 unspecified atom stereocenters. The molecular weight excluding hydrogens is 300 g/mol. The largest absolute Gasteiger partial charge is 0.481 e. The van der Waals surface area contributed by atoms with E-state index in [9.17, 15) is 9.59 Å². The van der Waals surface area contributed by atoms with E-state index < -0.39 is 18.2 Å². The monoisotopic (exact) mass is 318 g/mol. The Bertz CT molecular complexity index is 625. The maximum Gasteiger partial charge on any atom is 0.306 e. The number of carboxylic acids is 1. The molecular formula is C16H18N2O5.